The van der Waals surface area contributed by atoms with Gasteiger partial charge in [0.15, 0.2) is 0 Å². The molecule has 1 aromatic heterocycles. The Kier molecular flexibility index (Phi) is 2.98. The van der Waals surface area contributed by atoms with E-state index in [0.29, 0.717) is 17.4 Å². The summed E-state index contributed by atoms with van der Waals surface area (Å²) in [6.07, 6.45) is 3.51. The molecule has 0 aliphatic carbocycles. The quantitative estimate of drug-likeness (QED) is 0.861. The number of piperidine rings is 1. The number of phenols is 2. The van der Waals surface area contributed by atoms with Gasteiger partial charge in [0.05, 0.1) is 0 Å². The number of anilines is 1. The third-order valence-corrected chi connectivity index (χ3v) is 3.20. The molecule has 1 aliphatic rings. The second kappa shape index (κ2) is 4.79. The van der Waals surface area contributed by atoms with Gasteiger partial charge in [0, 0.05) is 24.7 Å². The number of benzene rings is 1. The van der Waals surface area contributed by atoms with Crippen molar-refractivity contribution >= 4 is 5.95 Å². The van der Waals surface area contributed by atoms with Gasteiger partial charge in [0.1, 0.15) is 11.5 Å². The van der Waals surface area contributed by atoms with Crippen molar-refractivity contribution in [3.63, 3.8) is 0 Å². The standard InChI is InChI=1S/C13H15N3O3/c17-10-6-9(7-11(18)8-10)12-14-13(15-19-12)16-4-2-1-3-5-16/h6-8,17-18H,1-5H2. The van der Waals surface area contributed by atoms with E-state index in [2.05, 4.69) is 15.0 Å². The maximum atomic E-state index is 9.45. The molecule has 0 unspecified atom stereocenters. The predicted octanol–water partition coefficient (Wildman–Crippen LogP) is 2.14. The van der Waals surface area contributed by atoms with Crippen molar-refractivity contribution in [3.05, 3.63) is 18.2 Å². The molecule has 6 nitrogen and oxygen atoms in total. The highest BCUT2D eigenvalue weighted by Gasteiger charge is 2.18. The second-order valence-corrected chi connectivity index (χ2v) is 4.69. The van der Waals surface area contributed by atoms with E-state index < -0.39 is 0 Å². The summed E-state index contributed by atoms with van der Waals surface area (Å²) in [5.41, 5.74) is 0.508. The predicted molar refractivity (Wildman–Crippen MR) is 69.1 cm³/mol. The van der Waals surface area contributed by atoms with Crippen LogP contribution in [0.1, 0.15) is 19.3 Å². The molecular formula is C13H15N3O3. The van der Waals surface area contributed by atoms with E-state index in [0.717, 1.165) is 25.9 Å². The van der Waals surface area contributed by atoms with E-state index in [9.17, 15) is 10.2 Å². The van der Waals surface area contributed by atoms with E-state index in [1.807, 2.05) is 0 Å². The Bertz CT molecular complexity index is 556. The fraction of sp³-hybridized carbons (Fsp3) is 0.385. The van der Waals surface area contributed by atoms with Crippen LogP contribution in [0.15, 0.2) is 22.7 Å². The van der Waals surface area contributed by atoms with Gasteiger partial charge in [-0.2, -0.15) is 4.98 Å². The second-order valence-electron chi connectivity index (χ2n) is 4.69. The number of hydrogen-bond acceptors (Lipinski definition) is 6. The molecule has 1 fully saturated rings. The molecule has 6 heteroatoms. The molecule has 2 heterocycles. The summed E-state index contributed by atoms with van der Waals surface area (Å²) in [7, 11) is 0. The van der Waals surface area contributed by atoms with Crippen LogP contribution in [0, 0.1) is 0 Å². The first-order valence-corrected chi connectivity index (χ1v) is 6.34. The van der Waals surface area contributed by atoms with Gasteiger partial charge >= 0.3 is 0 Å². The lowest BCUT2D eigenvalue weighted by atomic mass is 10.1. The molecule has 0 spiro atoms. The number of phenolic OH excluding ortho intramolecular Hbond substituents is 2. The first-order chi connectivity index (χ1) is 9.22. The zero-order valence-electron chi connectivity index (χ0n) is 10.4. The Balaban J connectivity index is 1.87. The average Bonchev–Trinajstić information content (AvgIpc) is 2.88. The van der Waals surface area contributed by atoms with E-state index in [1.165, 1.54) is 24.6 Å². The molecule has 1 aromatic carbocycles. The molecule has 100 valence electrons. The molecule has 0 bridgehead atoms. The monoisotopic (exact) mass is 261 g/mol. The van der Waals surface area contributed by atoms with Crippen LogP contribution < -0.4 is 4.90 Å². The fourth-order valence-corrected chi connectivity index (χ4v) is 2.27. The minimum atomic E-state index is -0.0345. The maximum Gasteiger partial charge on any atom is 0.266 e. The van der Waals surface area contributed by atoms with Crippen molar-refractivity contribution in [3.8, 4) is 23.0 Å². The molecule has 0 saturated carbocycles. The summed E-state index contributed by atoms with van der Waals surface area (Å²) >= 11 is 0. The summed E-state index contributed by atoms with van der Waals surface area (Å²) in [6, 6.07) is 4.21. The Morgan fingerprint density at radius 1 is 1.00 bits per heavy atom. The lowest BCUT2D eigenvalue weighted by Gasteiger charge is -2.24. The third kappa shape index (κ3) is 2.47. The Labute approximate surface area is 110 Å². The summed E-state index contributed by atoms with van der Waals surface area (Å²) in [4.78, 5) is 6.39. The Morgan fingerprint density at radius 2 is 1.68 bits per heavy atom. The molecule has 0 radical (unpaired) electrons. The van der Waals surface area contributed by atoms with E-state index >= 15 is 0 Å². The van der Waals surface area contributed by atoms with Gasteiger partial charge in [-0.1, -0.05) is 0 Å². The van der Waals surface area contributed by atoms with Crippen LogP contribution in [0.5, 0.6) is 11.5 Å². The number of nitrogens with zero attached hydrogens (tertiary/aromatic N) is 3. The van der Waals surface area contributed by atoms with Gasteiger partial charge in [-0.25, -0.2) is 0 Å². The highest BCUT2D eigenvalue weighted by atomic mass is 16.5. The highest BCUT2D eigenvalue weighted by Crippen LogP contribution is 2.28. The van der Waals surface area contributed by atoms with Crippen molar-refractivity contribution in [1.82, 2.24) is 10.1 Å². The van der Waals surface area contributed by atoms with Crippen molar-refractivity contribution in [2.75, 3.05) is 18.0 Å². The van der Waals surface area contributed by atoms with Crippen LogP contribution in [0.4, 0.5) is 5.95 Å². The van der Waals surface area contributed by atoms with Gasteiger partial charge in [0.2, 0.25) is 0 Å². The van der Waals surface area contributed by atoms with Crippen LogP contribution in [-0.4, -0.2) is 33.4 Å². The van der Waals surface area contributed by atoms with Gasteiger partial charge in [-0.05, 0) is 36.6 Å². The lowest BCUT2D eigenvalue weighted by molar-refractivity contribution is 0.423. The summed E-state index contributed by atoms with van der Waals surface area (Å²) in [5.74, 6) is 0.796. The Morgan fingerprint density at radius 3 is 2.37 bits per heavy atom. The normalized spacial score (nSPS) is 15.7. The van der Waals surface area contributed by atoms with E-state index in [-0.39, 0.29) is 11.5 Å². The topological polar surface area (TPSA) is 82.6 Å². The minimum Gasteiger partial charge on any atom is -0.508 e. The van der Waals surface area contributed by atoms with Crippen LogP contribution in [0.3, 0.4) is 0 Å². The van der Waals surface area contributed by atoms with E-state index in [4.69, 9.17) is 4.52 Å². The summed E-state index contributed by atoms with van der Waals surface area (Å²) in [5, 5.41) is 22.9. The minimum absolute atomic E-state index is 0.0345. The molecule has 19 heavy (non-hydrogen) atoms. The van der Waals surface area contributed by atoms with Gasteiger partial charge in [-0.15, -0.1) is 0 Å². The largest absolute Gasteiger partial charge is 0.508 e. The van der Waals surface area contributed by atoms with Crippen molar-refractivity contribution in [2.45, 2.75) is 19.3 Å². The zero-order valence-corrected chi connectivity index (χ0v) is 10.4. The molecule has 1 aliphatic heterocycles. The molecule has 1 saturated heterocycles. The average molecular weight is 261 g/mol. The first kappa shape index (κ1) is 11.8. The zero-order chi connectivity index (χ0) is 13.2. The number of hydrogen-bond donors (Lipinski definition) is 2. The third-order valence-electron chi connectivity index (χ3n) is 3.20. The first-order valence-electron chi connectivity index (χ1n) is 6.34. The molecule has 2 N–H and O–H groups in total. The Hall–Kier alpha value is -2.24. The summed E-state index contributed by atoms with van der Waals surface area (Å²) in [6.45, 7) is 1.87. The van der Waals surface area contributed by atoms with Crippen molar-refractivity contribution in [1.29, 1.82) is 0 Å². The van der Waals surface area contributed by atoms with Crippen molar-refractivity contribution < 1.29 is 14.7 Å². The summed E-state index contributed by atoms with van der Waals surface area (Å²) < 4.78 is 5.19. The smallest absolute Gasteiger partial charge is 0.266 e. The molecule has 3 rings (SSSR count). The van der Waals surface area contributed by atoms with E-state index in [1.54, 1.807) is 0 Å². The maximum absolute atomic E-state index is 9.45. The molecule has 0 atom stereocenters. The number of aromatic nitrogens is 2. The molecule has 0 amide bonds. The molecule has 2 aromatic rings. The van der Waals surface area contributed by atoms with Crippen LogP contribution in [-0.2, 0) is 0 Å². The lowest BCUT2D eigenvalue weighted by Crippen LogP contribution is -2.30. The van der Waals surface area contributed by atoms with Crippen LogP contribution >= 0.6 is 0 Å². The van der Waals surface area contributed by atoms with Gasteiger partial charge in [0.25, 0.3) is 11.8 Å². The highest BCUT2D eigenvalue weighted by molar-refractivity contribution is 5.59. The van der Waals surface area contributed by atoms with Crippen LogP contribution in [0.2, 0.25) is 0 Å². The number of aromatic hydroxyl groups is 2. The fourth-order valence-electron chi connectivity index (χ4n) is 2.27. The van der Waals surface area contributed by atoms with Gasteiger partial charge < -0.3 is 19.6 Å². The number of rotatable bonds is 2. The van der Waals surface area contributed by atoms with Gasteiger partial charge in [-0.3, -0.25) is 0 Å². The van der Waals surface area contributed by atoms with Crippen LogP contribution in [0.25, 0.3) is 11.5 Å². The molecular weight excluding hydrogens is 246 g/mol. The SMILES string of the molecule is Oc1cc(O)cc(-c2nc(N3CCCCC3)no2)c1. The van der Waals surface area contributed by atoms with Crippen molar-refractivity contribution in [2.24, 2.45) is 0 Å².